The van der Waals surface area contributed by atoms with E-state index in [1.165, 1.54) is 10.7 Å². The van der Waals surface area contributed by atoms with Crippen molar-refractivity contribution in [2.75, 3.05) is 55.1 Å². The monoisotopic (exact) mass is 656 g/mol. The van der Waals surface area contributed by atoms with Crippen LogP contribution in [0.3, 0.4) is 0 Å². The first-order valence-electron chi connectivity index (χ1n) is 15.2. The molecule has 6 rings (SSSR count). The Bertz CT molecular complexity index is 1850. The maximum atomic E-state index is 11.8. The van der Waals surface area contributed by atoms with E-state index in [1.54, 1.807) is 19.2 Å². The summed E-state index contributed by atoms with van der Waals surface area (Å²) in [5.41, 5.74) is 3.16. The van der Waals surface area contributed by atoms with Crippen LogP contribution in [0.5, 0.6) is 5.75 Å². The summed E-state index contributed by atoms with van der Waals surface area (Å²) < 4.78 is 17.9. The zero-order chi connectivity index (χ0) is 32.9. The number of halogens is 1. The molecular weight excluding hydrogens is 624 g/mol. The number of ether oxygens (including phenoxy) is 3. The molecule has 1 saturated heterocycles. The second-order valence-electron chi connectivity index (χ2n) is 11.1. The average molecular weight is 657 g/mol. The van der Waals surface area contributed by atoms with E-state index in [1.807, 2.05) is 36.1 Å². The lowest BCUT2D eigenvalue weighted by molar-refractivity contribution is -0.00318. The van der Waals surface area contributed by atoms with Gasteiger partial charge in [0.05, 0.1) is 47.9 Å². The summed E-state index contributed by atoms with van der Waals surface area (Å²) >= 11 is 6.99. The predicted octanol–water partition coefficient (Wildman–Crippen LogP) is 4.39. The summed E-state index contributed by atoms with van der Waals surface area (Å²) in [6.07, 6.45) is 2.57. The summed E-state index contributed by atoms with van der Waals surface area (Å²) in [7, 11) is 1.63. The Labute approximate surface area is 276 Å². The van der Waals surface area contributed by atoms with Crippen molar-refractivity contribution in [3.8, 4) is 17.9 Å². The second kappa shape index (κ2) is 14.0. The standard InChI is InChI=1S/C32H33ClN10O4/c1-3-36-32(44)47-19-25-18-41(10-11-46-25)27-13-21(14-34)12-26(28(27)33)38-31-39-30(29-37-16-23(15-35)43(29)40-31)42(22-6-7-22)17-20-4-8-24(45-2)9-5-20/h4-5,8-9,12-13,16,22,25H,3,6-7,10-11,17-19H2,1-2H3,(H,36,44)(H,38,40). The molecule has 4 aromatic rings. The van der Waals surface area contributed by atoms with Crippen molar-refractivity contribution >= 4 is 46.5 Å². The highest BCUT2D eigenvalue weighted by Gasteiger charge is 2.33. The summed E-state index contributed by atoms with van der Waals surface area (Å²) in [6, 6.07) is 15.8. The predicted molar refractivity (Wildman–Crippen MR) is 174 cm³/mol. The van der Waals surface area contributed by atoms with Gasteiger partial charge in [-0.2, -0.15) is 20.0 Å². The van der Waals surface area contributed by atoms with Crippen LogP contribution < -0.4 is 25.2 Å². The van der Waals surface area contributed by atoms with Gasteiger partial charge in [0.15, 0.2) is 17.2 Å². The van der Waals surface area contributed by atoms with Gasteiger partial charge in [0.2, 0.25) is 5.95 Å². The summed E-state index contributed by atoms with van der Waals surface area (Å²) in [4.78, 5) is 25.4. The van der Waals surface area contributed by atoms with Crippen molar-refractivity contribution in [3.05, 3.63) is 64.4 Å². The van der Waals surface area contributed by atoms with Crippen LogP contribution in [0, 0.1) is 22.7 Å². The van der Waals surface area contributed by atoms with Crippen LogP contribution in [-0.4, -0.2) is 77.8 Å². The van der Waals surface area contributed by atoms with Gasteiger partial charge in [-0.25, -0.2) is 9.78 Å². The molecule has 2 N–H and O–H groups in total. The highest BCUT2D eigenvalue weighted by molar-refractivity contribution is 6.36. The molecule has 2 aromatic heterocycles. The van der Waals surface area contributed by atoms with Crippen LogP contribution in [0.4, 0.5) is 27.9 Å². The Hall–Kier alpha value is -5.31. The van der Waals surface area contributed by atoms with Gasteiger partial charge in [-0.15, -0.1) is 5.10 Å². The third-order valence-electron chi connectivity index (χ3n) is 7.86. The van der Waals surface area contributed by atoms with E-state index in [0.29, 0.717) is 66.2 Å². The molecule has 0 bridgehead atoms. The van der Waals surface area contributed by atoms with Crippen molar-refractivity contribution in [2.45, 2.75) is 38.5 Å². The molecule has 0 spiro atoms. The first-order chi connectivity index (χ1) is 22.9. The van der Waals surface area contributed by atoms with E-state index in [0.717, 1.165) is 24.2 Å². The van der Waals surface area contributed by atoms with E-state index in [4.69, 9.17) is 30.8 Å². The van der Waals surface area contributed by atoms with Gasteiger partial charge in [-0.3, -0.25) is 0 Å². The number of hydrogen-bond donors (Lipinski definition) is 2. The summed E-state index contributed by atoms with van der Waals surface area (Å²) in [6.45, 7) is 4.19. The molecule has 1 atom stereocenters. The number of imidazole rings is 1. The van der Waals surface area contributed by atoms with Crippen LogP contribution in [0.15, 0.2) is 42.6 Å². The summed E-state index contributed by atoms with van der Waals surface area (Å²) in [5.74, 6) is 1.52. The Morgan fingerprint density at radius 3 is 2.72 bits per heavy atom. The lowest BCUT2D eigenvalue weighted by Gasteiger charge is -2.35. The molecule has 1 aliphatic heterocycles. The minimum atomic E-state index is -0.512. The number of alkyl carbamates (subject to hydrolysis) is 1. The molecule has 1 aliphatic carbocycles. The molecule has 2 aromatic carbocycles. The number of amides is 1. The molecule has 0 radical (unpaired) electrons. The third-order valence-corrected chi connectivity index (χ3v) is 8.26. The smallest absolute Gasteiger partial charge is 0.407 e. The molecule has 1 saturated carbocycles. The fourth-order valence-corrected chi connectivity index (χ4v) is 5.67. The Kier molecular flexibility index (Phi) is 9.42. The Morgan fingerprint density at radius 2 is 2.02 bits per heavy atom. The zero-order valence-electron chi connectivity index (χ0n) is 25.9. The number of rotatable bonds is 11. The average Bonchev–Trinajstić information content (AvgIpc) is 3.86. The van der Waals surface area contributed by atoms with Crippen molar-refractivity contribution < 1.29 is 19.0 Å². The normalized spacial score (nSPS) is 15.9. The number of hydrogen-bond acceptors (Lipinski definition) is 12. The SMILES string of the molecule is CCNC(=O)OCC1CN(c2cc(C#N)cc(Nc3nc(N(Cc4ccc(OC)cc4)C4CC4)c4ncc(C#N)n4n3)c2Cl)CCO1. The fourth-order valence-electron chi connectivity index (χ4n) is 5.40. The van der Waals surface area contributed by atoms with Crippen LogP contribution in [0.2, 0.25) is 5.02 Å². The number of fused-ring (bicyclic) bond motifs is 1. The van der Waals surface area contributed by atoms with Crippen LogP contribution >= 0.6 is 11.6 Å². The Balaban J connectivity index is 1.32. The molecule has 2 fully saturated rings. The first-order valence-corrected chi connectivity index (χ1v) is 15.6. The molecular formula is C32H33ClN10O4. The van der Waals surface area contributed by atoms with Crippen LogP contribution in [0.25, 0.3) is 5.65 Å². The van der Waals surface area contributed by atoms with Crippen molar-refractivity contribution in [1.82, 2.24) is 24.9 Å². The van der Waals surface area contributed by atoms with Gasteiger partial charge < -0.3 is 34.6 Å². The van der Waals surface area contributed by atoms with Crippen LogP contribution in [-0.2, 0) is 16.0 Å². The lowest BCUT2D eigenvalue weighted by Crippen LogP contribution is -2.45. The van der Waals surface area contributed by atoms with Gasteiger partial charge in [-0.05, 0) is 49.6 Å². The number of methoxy groups -OCH3 is 1. The van der Waals surface area contributed by atoms with Gasteiger partial charge in [0, 0.05) is 32.2 Å². The van der Waals surface area contributed by atoms with E-state index in [-0.39, 0.29) is 30.4 Å². The number of benzene rings is 2. The molecule has 14 nitrogen and oxygen atoms in total. The summed E-state index contributed by atoms with van der Waals surface area (Å²) in [5, 5.41) is 30.5. The van der Waals surface area contributed by atoms with E-state index >= 15 is 0 Å². The third kappa shape index (κ3) is 7.09. The molecule has 1 amide bonds. The highest BCUT2D eigenvalue weighted by atomic mass is 35.5. The highest BCUT2D eigenvalue weighted by Crippen LogP contribution is 2.38. The number of morpholine rings is 1. The van der Waals surface area contributed by atoms with Crippen molar-refractivity contribution in [2.24, 2.45) is 0 Å². The first kappa shape index (κ1) is 31.7. The molecule has 15 heteroatoms. The number of carbonyl (C=O) groups excluding carboxylic acids is 1. The van der Waals surface area contributed by atoms with E-state index < -0.39 is 6.09 Å². The van der Waals surface area contributed by atoms with Gasteiger partial charge >= 0.3 is 6.09 Å². The van der Waals surface area contributed by atoms with Gasteiger partial charge in [0.25, 0.3) is 0 Å². The minimum Gasteiger partial charge on any atom is -0.497 e. The molecule has 2 aliphatic rings. The largest absolute Gasteiger partial charge is 0.497 e. The minimum absolute atomic E-state index is 0.0692. The van der Waals surface area contributed by atoms with Gasteiger partial charge in [-0.1, -0.05) is 23.7 Å². The number of anilines is 4. The quantitative estimate of drug-likeness (QED) is 0.234. The maximum absolute atomic E-state index is 11.8. The topological polar surface area (TPSA) is 166 Å². The zero-order valence-corrected chi connectivity index (χ0v) is 26.7. The van der Waals surface area contributed by atoms with Crippen molar-refractivity contribution in [1.29, 1.82) is 10.5 Å². The van der Waals surface area contributed by atoms with E-state index in [2.05, 4.69) is 37.8 Å². The number of aromatic nitrogens is 4. The Morgan fingerprint density at radius 1 is 1.21 bits per heavy atom. The molecule has 242 valence electrons. The lowest BCUT2D eigenvalue weighted by atomic mass is 10.1. The van der Waals surface area contributed by atoms with Crippen molar-refractivity contribution in [3.63, 3.8) is 0 Å². The molecule has 47 heavy (non-hydrogen) atoms. The molecule has 1 unspecified atom stereocenters. The van der Waals surface area contributed by atoms with E-state index in [9.17, 15) is 15.3 Å². The number of nitrogens with one attached hydrogen (secondary N) is 2. The fraction of sp³-hybridized carbons (Fsp3) is 0.375. The molecule has 3 heterocycles. The number of nitrogens with zero attached hydrogens (tertiary/aromatic N) is 8. The van der Waals surface area contributed by atoms with Gasteiger partial charge in [0.1, 0.15) is 24.5 Å². The maximum Gasteiger partial charge on any atom is 0.407 e. The number of carbonyl (C=O) groups is 1. The second-order valence-corrected chi connectivity index (χ2v) is 11.5. The number of nitriles is 2. The van der Waals surface area contributed by atoms with Crippen LogP contribution in [0.1, 0.15) is 36.6 Å².